The van der Waals surface area contributed by atoms with Crippen molar-refractivity contribution < 1.29 is 13.2 Å². The Morgan fingerprint density at radius 1 is 1.62 bits per heavy atom. The highest BCUT2D eigenvalue weighted by molar-refractivity contribution is 7.89. The normalized spacial score (nSPS) is 24.5. The van der Waals surface area contributed by atoms with Crippen molar-refractivity contribution in [3.05, 3.63) is 0 Å². The van der Waals surface area contributed by atoms with E-state index in [0.29, 0.717) is 19.4 Å². The molecule has 2 unspecified atom stereocenters. The van der Waals surface area contributed by atoms with E-state index in [1.165, 1.54) is 4.31 Å². The number of primary amides is 1. The molecule has 0 aliphatic carbocycles. The summed E-state index contributed by atoms with van der Waals surface area (Å²) in [5.74, 6) is -0.436. The van der Waals surface area contributed by atoms with Crippen molar-refractivity contribution in [2.24, 2.45) is 11.7 Å². The number of nitrogens with zero attached hydrogens (tertiary/aromatic N) is 1. The van der Waals surface area contributed by atoms with Gasteiger partial charge in [0.25, 0.3) is 0 Å². The lowest BCUT2D eigenvalue weighted by molar-refractivity contribution is -0.121. The average Bonchev–Trinajstić information content (AvgIpc) is 2.65. The van der Waals surface area contributed by atoms with Crippen molar-refractivity contribution in [3.63, 3.8) is 0 Å². The van der Waals surface area contributed by atoms with Gasteiger partial charge in [0, 0.05) is 12.4 Å². The molecule has 1 aliphatic heterocycles. The summed E-state index contributed by atoms with van der Waals surface area (Å²) in [5.41, 5.74) is 5.18. The molecule has 94 valence electrons. The largest absolute Gasteiger partial charge is 0.368 e. The summed E-state index contributed by atoms with van der Waals surface area (Å²) < 4.78 is 25.2. The third-order valence-electron chi connectivity index (χ3n) is 2.65. The van der Waals surface area contributed by atoms with Gasteiger partial charge in [-0.25, -0.2) is 8.42 Å². The van der Waals surface area contributed by atoms with E-state index in [2.05, 4.69) is 0 Å². The molecule has 5 nitrogen and oxygen atoms in total. The number of carbonyl (C=O) groups excluding carboxylic acids is 1. The molecule has 0 radical (unpaired) electrons. The second-order valence-corrected chi connectivity index (χ2v) is 6.48. The molecule has 1 saturated heterocycles. The molecule has 0 aromatic rings. The fraction of sp³-hybridized carbons (Fsp3) is 0.889. The molecule has 0 bridgehead atoms. The van der Waals surface area contributed by atoms with Crippen molar-refractivity contribution in [2.45, 2.75) is 25.8 Å². The van der Waals surface area contributed by atoms with E-state index in [0.717, 1.165) is 0 Å². The van der Waals surface area contributed by atoms with Gasteiger partial charge < -0.3 is 5.73 Å². The number of carbonyl (C=O) groups is 1. The van der Waals surface area contributed by atoms with E-state index < -0.39 is 22.0 Å². The molecule has 0 spiro atoms. The summed E-state index contributed by atoms with van der Waals surface area (Å²) in [6.45, 7) is 2.14. The molecule has 1 heterocycles. The van der Waals surface area contributed by atoms with Gasteiger partial charge in [-0.1, -0.05) is 6.92 Å². The Balaban J connectivity index is 2.79. The predicted molar refractivity (Wildman–Crippen MR) is 62.6 cm³/mol. The minimum atomic E-state index is -3.42. The number of amides is 1. The first-order valence-electron chi connectivity index (χ1n) is 5.23. The lowest BCUT2D eigenvalue weighted by Crippen LogP contribution is -2.45. The van der Waals surface area contributed by atoms with Crippen molar-refractivity contribution in [3.8, 4) is 0 Å². The minimum absolute atomic E-state index is 0.0275. The van der Waals surface area contributed by atoms with Crippen LogP contribution in [0.15, 0.2) is 0 Å². The Morgan fingerprint density at radius 2 is 2.25 bits per heavy atom. The number of rotatable bonds is 5. The Bertz CT molecular complexity index is 358. The monoisotopic (exact) mass is 268 g/mol. The van der Waals surface area contributed by atoms with Crippen molar-refractivity contribution in [1.29, 1.82) is 0 Å². The van der Waals surface area contributed by atoms with Crippen LogP contribution in [0.25, 0.3) is 0 Å². The van der Waals surface area contributed by atoms with E-state index >= 15 is 0 Å². The summed E-state index contributed by atoms with van der Waals surface area (Å²) in [4.78, 5) is 11.1. The Kier molecular flexibility index (Phi) is 4.58. The smallest absolute Gasteiger partial charge is 0.235 e. The van der Waals surface area contributed by atoms with Crippen molar-refractivity contribution >= 4 is 27.5 Å². The van der Waals surface area contributed by atoms with Gasteiger partial charge in [0.15, 0.2) is 0 Å². The van der Waals surface area contributed by atoms with Crippen LogP contribution >= 0.6 is 11.6 Å². The number of nitrogens with two attached hydrogens (primary N) is 1. The Morgan fingerprint density at radius 3 is 2.75 bits per heavy atom. The number of hydrogen-bond acceptors (Lipinski definition) is 3. The zero-order valence-corrected chi connectivity index (χ0v) is 10.8. The SMILES string of the molecule is CC(CCl)CS(=O)(=O)N1CCCC1C(N)=O. The van der Waals surface area contributed by atoms with Gasteiger partial charge in [0.2, 0.25) is 15.9 Å². The quantitative estimate of drug-likeness (QED) is 0.721. The number of sulfonamides is 1. The van der Waals surface area contributed by atoms with Crippen LogP contribution in [0.5, 0.6) is 0 Å². The van der Waals surface area contributed by atoms with Crippen LogP contribution in [0.4, 0.5) is 0 Å². The maximum atomic E-state index is 12.0. The molecule has 16 heavy (non-hydrogen) atoms. The van der Waals surface area contributed by atoms with Crippen LogP contribution in [0.3, 0.4) is 0 Å². The predicted octanol–water partition coefficient (Wildman–Crippen LogP) is 0.141. The van der Waals surface area contributed by atoms with Gasteiger partial charge in [-0.2, -0.15) is 4.31 Å². The first-order chi connectivity index (χ1) is 7.38. The highest BCUT2D eigenvalue weighted by Crippen LogP contribution is 2.22. The number of alkyl halides is 1. The lowest BCUT2D eigenvalue weighted by atomic mass is 10.2. The Labute approximate surface area is 101 Å². The van der Waals surface area contributed by atoms with Crippen LogP contribution in [0.2, 0.25) is 0 Å². The van der Waals surface area contributed by atoms with Gasteiger partial charge in [0.05, 0.1) is 5.75 Å². The fourth-order valence-electron chi connectivity index (χ4n) is 1.86. The molecule has 1 aliphatic rings. The summed E-state index contributed by atoms with van der Waals surface area (Å²) in [6, 6.07) is -0.674. The molecule has 1 rings (SSSR count). The van der Waals surface area contributed by atoms with E-state index in [1.807, 2.05) is 0 Å². The van der Waals surface area contributed by atoms with Gasteiger partial charge >= 0.3 is 0 Å². The molecular weight excluding hydrogens is 252 g/mol. The average molecular weight is 269 g/mol. The number of hydrogen-bond donors (Lipinski definition) is 1. The number of halogens is 1. The zero-order chi connectivity index (χ0) is 12.3. The molecule has 7 heteroatoms. The van der Waals surface area contributed by atoms with Gasteiger partial charge in [0.1, 0.15) is 6.04 Å². The second-order valence-electron chi connectivity index (χ2n) is 4.21. The summed E-state index contributed by atoms with van der Waals surface area (Å²) in [6.07, 6.45) is 1.20. The van der Waals surface area contributed by atoms with E-state index in [4.69, 9.17) is 17.3 Å². The molecule has 2 N–H and O–H groups in total. The third kappa shape index (κ3) is 3.09. The molecule has 2 atom stereocenters. The lowest BCUT2D eigenvalue weighted by Gasteiger charge is -2.22. The van der Waals surface area contributed by atoms with Crippen LogP contribution < -0.4 is 5.73 Å². The van der Waals surface area contributed by atoms with E-state index in [1.54, 1.807) is 6.92 Å². The van der Waals surface area contributed by atoms with Gasteiger partial charge in [-0.05, 0) is 18.8 Å². The zero-order valence-electron chi connectivity index (χ0n) is 9.23. The maximum absolute atomic E-state index is 12.0. The van der Waals surface area contributed by atoms with Crippen molar-refractivity contribution in [2.75, 3.05) is 18.2 Å². The van der Waals surface area contributed by atoms with Gasteiger partial charge in [-0.3, -0.25) is 4.79 Å². The summed E-state index contributed by atoms with van der Waals surface area (Å²) in [5, 5.41) is 0. The molecule has 0 saturated carbocycles. The van der Waals surface area contributed by atoms with Crippen LogP contribution in [0.1, 0.15) is 19.8 Å². The third-order valence-corrected chi connectivity index (χ3v) is 5.32. The summed E-state index contributed by atoms with van der Waals surface area (Å²) in [7, 11) is -3.42. The molecular formula is C9H17ClN2O3S. The first-order valence-corrected chi connectivity index (χ1v) is 7.37. The molecule has 1 amide bonds. The standard InChI is InChI=1S/C9H17ClN2O3S/c1-7(5-10)6-16(14,15)12-4-2-3-8(12)9(11)13/h7-8H,2-6H2,1H3,(H2,11,13). The highest BCUT2D eigenvalue weighted by atomic mass is 35.5. The summed E-state index contributed by atoms with van der Waals surface area (Å²) >= 11 is 5.59. The topological polar surface area (TPSA) is 80.5 Å². The van der Waals surface area contributed by atoms with Crippen LogP contribution in [-0.4, -0.2) is 42.8 Å². The maximum Gasteiger partial charge on any atom is 0.235 e. The second kappa shape index (κ2) is 5.33. The van der Waals surface area contributed by atoms with Crippen LogP contribution in [0, 0.1) is 5.92 Å². The van der Waals surface area contributed by atoms with Gasteiger partial charge in [-0.15, -0.1) is 11.6 Å². The highest BCUT2D eigenvalue weighted by Gasteiger charge is 2.37. The molecule has 0 aromatic heterocycles. The fourth-order valence-corrected chi connectivity index (χ4v) is 4.13. The minimum Gasteiger partial charge on any atom is -0.368 e. The Hall–Kier alpha value is -0.330. The van der Waals surface area contributed by atoms with E-state index in [9.17, 15) is 13.2 Å². The van der Waals surface area contributed by atoms with Crippen LogP contribution in [-0.2, 0) is 14.8 Å². The van der Waals surface area contributed by atoms with E-state index in [-0.39, 0.29) is 17.6 Å². The first kappa shape index (κ1) is 13.7. The molecule has 0 aromatic carbocycles. The van der Waals surface area contributed by atoms with Crippen molar-refractivity contribution in [1.82, 2.24) is 4.31 Å². The molecule has 1 fully saturated rings.